The number of para-hydroxylation sites is 1. The Morgan fingerprint density at radius 3 is 2.46 bits per heavy atom. The lowest BCUT2D eigenvalue weighted by Crippen LogP contribution is -2.52. The number of likely N-dealkylation sites (tertiary alicyclic amines) is 1. The van der Waals surface area contributed by atoms with Crippen molar-refractivity contribution in [2.45, 2.75) is 81.6 Å². The first-order valence-corrected chi connectivity index (χ1v) is 16.0. The largest absolute Gasteiger partial charge is 0.418 e. The summed E-state index contributed by atoms with van der Waals surface area (Å²) in [6.45, 7) is 7.64. The second kappa shape index (κ2) is 11.4. The molecule has 11 heteroatoms. The van der Waals surface area contributed by atoms with E-state index >= 15 is 0 Å². The third-order valence-electron chi connectivity index (χ3n) is 8.75. The van der Waals surface area contributed by atoms with Crippen LogP contribution in [0.25, 0.3) is 11.0 Å². The van der Waals surface area contributed by atoms with Gasteiger partial charge in [0.05, 0.1) is 27.6 Å². The fourth-order valence-electron chi connectivity index (χ4n) is 6.89. The SMILES string of the molecule is CCN(C(C)C)C1CCC(N2CCC(c3nc4c(C(F)(F)F)cccc4[nH]3)C2=O)[C@H](CS(=O)(=O)c2ccccc2)C1. The van der Waals surface area contributed by atoms with Crippen LogP contribution in [0.4, 0.5) is 13.2 Å². The molecule has 3 unspecified atom stereocenters. The summed E-state index contributed by atoms with van der Waals surface area (Å²) in [4.78, 5) is 25.4. The summed E-state index contributed by atoms with van der Waals surface area (Å²) in [6, 6.07) is 12.5. The summed E-state index contributed by atoms with van der Waals surface area (Å²) < 4.78 is 67.7. The number of imidazole rings is 1. The van der Waals surface area contributed by atoms with Crippen LogP contribution in [0.15, 0.2) is 53.4 Å². The van der Waals surface area contributed by atoms with E-state index in [1.807, 2.05) is 0 Å². The van der Waals surface area contributed by atoms with Crippen molar-refractivity contribution in [1.29, 1.82) is 0 Å². The first kappa shape index (κ1) is 29.6. The van der Waals surface area contributed by atoms with E-state index in [0.717, 1.165) is 19.0 Å². The van der Waals surface area contributed by atoms with E-state index in [9.17, 15) is 26.4 Å². The number of aromatic amines is 1. The van der Waals surface area contributed by atoms with Crippen LogP contribution in [0, 0.1) is 5.92 Å². The summed E-state index contributed by atoms with van der Waals surface area (Å²) in [7, 11) is -3.60. The number of benzene rings is 2. The Morgan fingerprint density at radius 2 is 1.80 bits per heavy atom. The zero-order valence-corrected chi connectivity index (χ0v) is 24.4. The van der Waals surface area contributed by atoms with Crippen molar-refractivity contribution in [3.63, 3.8) is 0 Å². The highest BCUT2D eigenvalue weighted by molar-refractivity contribution is 7.91. The molecule has 2 aromatic carbocycles. The number of hydrogen-bond donors (Lipinski definition) is 1. The minimum absolute atomic E-state index is 0.0676. The lowest BCUT2D eigenvalue weighted by atomic mass is 9.80. The quantitative estimate of drug-likeness (QED) is 0.367. The molecule has 2 fully saturated rings. The van der Waals surface area contributed by atoms with Crippen molar-refractivity contribution in [2.75, 3.05) is 18.8 Å². The Labute approximate surface area is 239 Å². The van der Waals surface area contributed by atoms with Gasteiger partial charge >= 0.3 is 6.18 Å². The summed E-state index contributed by atoms with van der Waals surface area (Å²) in [5.41, 5.74) is -0.793. The number of aromatic nitrogens is 2. The minimum atomic E-state index is -4.56. The summed E-state index contributed by atoms with van der Waals surface area (Å²) in [5, 5.41) is 0. The first-order chi connectivity index (χ1) is 19.4. The third-order valence-corrected chi connectivity index (χ3v) is 10.6. The highest BCUT2D eigenvalue weighted by atomic mass is 32.2. The number of H-pyrrole nitrogens is 1. The average molecular weight is 591 g/mol. The Hall–Kier alpha value is -2.92. The van der Waals surface area contributed by atoms with Gasteiger partial charge in [-0.2, -0.15) is 13.2 Å². The molecule has 1 amide bonds. The second-order valence-electron chi connectivity index (χ2n) is 11.5. The lowest BCUT2D eigenvalue weighted by Gasteiger charge is -2.45. The molecule has 1 aliphatic carbocycles. The molecule has 5 rings (SSSR count). The predicted octanol–water partition coefficient (Wildman–Crippen LogP) is 5.64. The molecule has 0 bridgehead atoms. The van der Waals surface area contributed by atoms with Crippen LogP contribution in [0.1, 0.15) is 63.8 Å². The molecule has 1 saturated carbocycles. The van der Waals surface area contributed by atoms with Crippen molar-refractivity contribution >= 4 is 26.8 Å². The van der Waals surface area contributed by atoms with Gasteiger partial charge in [-0.15, -0.1) is 0 Å². The van der Waals surface area contributed by atoms with Crippen LogP contribution in [0.5, 0.6) is 0 Å². The number of carbonyl (C=O) groups is 1. The molecule has 1 N–H and O–H groups in total. The molecule has 4 atom stereocenters. The number of nitrogens with zero attached hydrogens (tertiary/aromatic N) is 3. The van der Waals surface area contributed by atoms with Gasteiger partial charge in [-0.05, 0) is 76.3 Å². The molecule has 0 radical (unpaired) electrons. The normalized spacial score (nSPS) is 24.2. The van der Waals surface area contributed by atoms with E-state index in [4.69, 9.17) is 0 Å². The highest BCUT2D eigenvalue weighted by Crippen LogP contribution is 2.40. The van der Waals surface area contributed by atoms with Crippen LogP contribution >= 0.6 is 0 Å². The maximum atomic E-state index is 13.8. The van der Waals surface area contributed by atoms with Crippen molar-refractivity contribution in [3.8, 4) is 0 Å². The lowest BCUT2D eigenvalue weighted by molar-refractivity contribution is -0.136. The zero-order chi connectivity index (χ0) is 29.5. The van der Waals surface area contributed by atoms with Gasteiger partial charge in [0.25, 0.3) is 0 Å². The van der Waals surface area contributed by atoms with Crippen LogP contribution in [0.3, 0.4) is 0 Å². The van der Waals surface area contributed by atoms with E-state index in [-0.39, 0.29) is 51.4 Å². The number of hydrogen-bond acceptors (Lipinski definition) is 5. The first-order valence-electron chi connectivity index (χ1n) is 14.3. The Morgan fingerprint density at radius 1 is 1.07 bits per heavy atom. The number of rotatable bonds is 8. The molecule has 3 aromatic rings. The van der Waals surface area contributed by atoms with Gasteiger partial charge in [0.15, 0.2) is 9.84 Å². The third kappa shape index (κ3) is 5.88. The fourth-order valence-corrected chi connectivity index (χ4v) is 8.58. The van der Waals surface area contributed by atoms with Crippen LogP contribution in [-0.4, -0.2) is 71.1 Å². The van der Waals surface area contributed by atoms with Gasteiger partial charge in [-0.1, -0.05) is 31.2 Å². The maximum absolute atomic E-state index is 13.8. The molecule has 1 aromatic heterocycles. The van der Waals surface area contributed by atoms with Gasteiger partial charge < -0.3 is 9.88 Å². The number of sulfone groups is 1. The van der Waals surface area contributed by atoms with Crippen LogP contribution in [0.2, 0.25) is 0 Å². The Bertz CT molecular complexity index is 1490. The van der Waals surface area contributed by atoms with E-state index < -0.39 is 27.5 Å². The molecule has 0 spiro atoms. The number of nitrogens with one attached hydrogen (secondary N) is 1. The van der Waals surface area contributed by atoms with Gasteiger partial charge in [0.1, 0.15) is 11.3 Å². The predicted molar refractivity (Wildman–Crippen MR) is 151 cm³/mol. The molecule has 41 heavy (non-hydrogen) atoms. The molecule has 1 saturated heterocycles. The van der Waals surface area contributed by atoms with E-state index in [1.54, 1.807) is 35.2 Å². The molecule has 222 valence electrons. The molecule has 2 aliphatic rings. The standard InChI is InChI=1S/C30H37F3N4O3S/c1-4-36(19(2)3)21-13-14-26(20(17-21)18-41(39,40)22-9-6-5-7-10-22)37-16-15-23(29(37)38)28-34-25-12-8-11-24(27(25)35-28)30(31,32)33/h5-12,19-21,23,26H,4,13-18H2,1-3H3,(H,34,35)/t20-,21?,23?,26?/m0/s1. The molecule has 1 aliphatic heterocycles. The van der Waals surface area contributed by atoms with E-state index in [2.05, 4.69) is 35.6 Å². The zero-order valence-electron chi connectivity index (χ0n) is 23.6. The highest BCUT2D eigenvalue weighted by Gasteiger charge is 2.45. The Kier molecular flexibility index (Phi) is 8.22. The number of amides is 1. The number of carbonyl (C=O) groups excluding carboxylic acids is 1. The van der Waals surface area contributed by atoms with Gasteiger partial charge in [-0.3, -0.25) is 9.69 Å². The monoisotopic (exact) mass is 590 g/mol. The molecular weight excluding hydrogens is 553 g/mol. The fraction of sp³-hybridized carbons (Fsp3) is 0.533. The minimum Gasteiger partial charge on any atom is -0.341 e. The van der Waals surface area contributed by atoms with Gasteiger partial charge in [-0.25, -0.2) is 13.4 Å². The molecular formula is C30H37F3N4O3S. The smallest absolute Gasteiger partial charge is 0.341 e. The van der Waals surface area contributed by atoms with Crippen molar-refractivity contribution in [2.24, 2.45) is 5.92 Å². The number of halogens is 3. The van der Waals surface area contributed by atoms with Gasteiger partial charge in [0.2, 0.25) is 5.91 Å². The number of fused-ring (bicyclic) bond motifs is 1. The molecule has 7 nitrogen and oxygen atoms in total. The topological polar surface area (TPSA) is 86.4 Å². The maximum Gasteiger partial charge on any atom is 0.418 e. The van der Waals surface area contributed by atoms with E-state index in [0.29, 0.717) is 31.8 Å². The van der Waals surface area contributed by atoms with Crippen molar-refractivity contribution in [3.05, 3.63) is 59.9 Å². The van der Waals surface area contributed by atoms with Gasteiger partial charge in [0, 0.05) is 24.7 Å². The van der Waals surface area contributed by atoms with Crippen molar-refractivity contribution in [1.82, 2.24) is 19.8 Å². The summed E-state index contributed by atoms with van der Waals surface area (Å²) in [5.74, 6) is -1.03. The second-order valence-corrected chi connectivity index (χ2v) is 13.5. The van der Waals surface area contributed by atoms with Crippen LogP contribution < -0.4 is 0 Å². The van der Waals surface area contributed by atoms with E-state index in [1.165, 1.54) is 12.1 Å². The van der Waals surface area contributed by atoms with Crippen molar-refractivity contribution < 1.29 is 26.4 Å². The summed E-state index contributed by atoms with van der Waals surface area (Å²) in [6.07, 6.45) is -2.00. The average Bonchev–Trinajstić information content (AvgIpc) is 3.52. The summed E-state index contributed by atoms with van der Waals surface area (Å²) >= 11 is 0. The Balaban J connectivity index is 1.42. The van der Waals surface area contributed by atoms with Crippen LogP contribution in [-0.2, 0) is 20.8 Å². The number of alkyl halides is 3. The molecule has 2 heterocycles.